The zero-order chi connectivity index (χ0) is 19.2. The number of anilines is 2. The molecule has 3 aliphatic rings. The van der Waals surface area contributed by atoms with Crippen molar-refractivity contribution < 1.29 is 22.7 Å². The van der Waals surface area contributed by atoms with Gasteiger partial charge in [0, 0.05) is 29.9 Å². The monoisotopic (exact) mass is 398 g/mol. The molecule has 0 unspecified atom stereocenters. The number of hydrogen-bond donors (Lipinski definition) is 4. The highest BCUT2D eigenvalue weighted by atomic mass is 32.2. The van der Waals surface area contributed by atoms with Crippen LogP contribution in [0.3, 0.4) is 0 Å². The van der Waals surface area contributed by atoms with Gasteiger partial charge in [-0.25, -0.2) is 13.4 Å². The first-order valence-electron chi connectivity index (χ1n) is 9.20. The summed E-state index contributed by atoms with van der Waals surface area (Å²) in [6.45, 7) is 1.04. The van der Waals surface area contributed by atoms with Crippen LogP contribution in [-0.2, 0) is 21.4 Å². The summed E-state index contributed by atoms with van der Waals surface area (Å²) in [6.07, 6.45) is 5.43. The van der Waals surface area contributed by atoms with Gasteiger partial charge in [-0.3, -0.25) is 4.79 Å². The number of halogens is 1. The molecule has 2 aliphatic heterocycles. The molecule has 1 amide bonds. The zero-order valence-electron chi connectivity index (χ0n) is 14.8. The van der Waals surface area contributed by atoms with E-state index < -0.39 is 39.9 Å². The molecule has 1 aromatic carbocycles. The van der Waals surface area contributed by atoms with Crippen LogP contribution in [0.2, 0.25) is 0 Å². The number of phenols is 1. The molecule has 1 saturated carbocycles. The minimum absolute atomic E-state index is 0.0412. The highest BCUT2D eigenvalue weighted by Crippen LogP contribution is 2.42. The Labute approximate surface area is 157 Å². The lowest BCUT2D eigenvalue weighted by atomic mass is 10.1. The van der Waals surface area contributed by atoms with Crippen LogP contribution in [0.25, 0.3) is 0 Å². The van der Waals surface area contributed by atoms with Crippen LogP contribution >= 0.6 is 0 Å². The number of fused-ring (bicyclic) bond motifs is 1. The number of aromatic hydroxyl groups is 1. The van der Waals surface area contributed by atoms with E-state index in [9.17, 15) is 18.3 Å². The lowest BCUT2D eigenvalue weighted by molar-refractivity contribution is -0.117. The van der Waals surface area contributed by atoms with Crippen LogP contribution in [0.1, 0.15) is 31.2 Å². The van der Waals surface area contributed by atoms with Gasteiger partial charge >= 0.3 is 10.2 Å². The first-order valence-corrected chi connectivity index (χ1v) is 10.6. The summed E-state index contributed by atoms with van der Waals surface area (Å²) in [7, 11) is -4.19. The average molecular weight is 398 g/mol. The molecule has 1 aliphatic carbocycles. The maximum Gasteiger partial charge on any atom is 0.326 e. The van der Waals surface area contributed by atoms with Crippen molar-refractivity contribution >= 4 is 27.5 Å². The molecular weight excluding hydrogens is 375 g/mol. The molecule has 4 N–H and O–H groups in total. The van der Waals surface area contributed by atoms with Gasteiger partial charge in [0.25, 0.3) is 5.91 Å². The number of phenolic OH excluding ortho intramolecular Hbond substituents is 1. The van der Waals surface area contributed by atoms with Crippen LogP contribution in [0.5, 0.6) is 5.75 Å². The van der Waals surface area contributed by atoms with Crippen molar-refractivity contribution in [1.29, 1.82) is 0 Å². The summed E-state index contributed by atoms with van der Waals surface area (Å²) in [5, 5.41) is 16.8. The fourth-order valence-electron chi connectivity index (χ4n) is 4.19. The Hall–Kier alpha value is -2.07. The molecule has 0 aromatic heterocycles. The predicted octanol–water partition coefficient (Wildman–Crippen LogP) is 0.829. The van der Waals surface area contributed by atoms with Gasteiger partial charge in [-0.2, -0.15) is 8.42 Å². The third-order valence-electron chi connectivity index (χ3n) is 5.50. The summed E-state index contributed by atoms with van der Waals surface area (Å²) in [5.41, 5.74) is 0.302. The molecule has 0 bridgehead atoms. The van der Waals surface area contributed by atoms with E-state index in [2.05, 4.69) is 10.6 Å². The molecule has 2 heterocycles. The largest absolute Gasteiger partial charge is 0.506 e. The van der Waals surface area contributed by atoms with Gasteiger partial charge in [-0.05, 0) is 31.7 Å². The van der Waals surface area contributed by atoms with E-state index in [-0.39, 0.29) is 6.04 Å². The molecule has 4 rings (SSSR count). The molecule has 10 heteroatoms. The smallest absolute Gasteiger partial charge is 0.326 e. The highest BCUT2D eigenvalue weighted by molar-refractivity contribution is 7.92. The third kappa shape index (κ3) is 3.43. The van der Waals surface area contributed by atoms with E-state index in [1.165, 1.54) is 31.7 Å². The Morgan fingerprint density at radius 1 is 1.30 bits per heavy atom. The van der Waals surface area contributed by atoms with Gasteiger partial charge in [-0.1, -0.05) is 12.8 Å². The summed E-state index contributed by atoms with van der Waals surface area (Å²) < 4.78 is 41.4. The van der Waals surface area contributed by atoms with Gasteiger partial charge in [0.05, 0.1) is 0 Å². The number of rotatable bonds is 5. The summed E-state index contributed by atoms with van der Waals surface area (Å²) in [4.78, 5) is 11.4. The first kappa shape index (κ1) is 18.3. The number of benzene rings is 1. The van der Waals surface area contributed by atoms with Crippen molar-refractivity contribution in [3.05, 3.63) is 17.4 Å². The zero-order valence-corrected chi connectivity index (χ0v) is 15.6. The average Bonchev–Trinajstić information content (AvgIpc) is 3.28. The predicted molar refractivity (Wildman–Crippen MR) is 98.4 cm³/mol. The maximum absolute atomic E-state index is 15.0. The molecule has 1 aromatic rings. The summed E-state index contributed by atoms with van der Waals surface area (Å²) in [5.74, 6) is -1.39. The topological polar surface area (TPSA) is 111 Å². The number of carbonyl (C=O) groups is 1. The fourth-order valence-corrected chi connectivity index (χ4v) is 5.36. The lowest BCUT2D eigenvalue weighted by Crippen LogP contribution is -2.33. The molecule has 1 saturated heterocycles. The van der Waals surface area contributed by atoms with Crippen LogP contribution < -0.4 is 19.7 Å². The van der Waals surface area contributed by atoms with Crippen molar-refractivity contribution in [3.63, 3.8) is 0 Å². The molecule has 27 heavy (non-hydrogen) atoms. The summed E-state index contributed by atoms with van der Waals surface area (Å²) in [6, 6.07) is 1.28. The van der Waals surface area contributed by atoms with Crippen molar-refractivity contribution in [2.45, 2.75) is 38.1 Å². The van der Waals surface area contributed by atoms with E-state index in [0.717, 1.165) is 6.54 Å². The van der Waals surface area contributed by atoms with Crippen molar-refractivity contribution in [2.24, 2.45) is 5.92 Å². The molecule has 0 spiro atoms. The number of nitrogens with zero attached hydrogens (tertiary/aromatic N) is 1. The Kier molecular flexibility index (Phi) is 4.63. The van der Waals surface area contributed by atoms with Crippen LogP contribution in [0.4, 0.5) is 15.8 Å². The second-order valence-electron chi connectivity index (χ2n) is 7.48. The third-order valence-corrected chi connectivity index (χ3v) is 6.88. The second-order valence-corrected chi connectivity index (χ2v) is 9.07. The highest BCUT2D eigenvalue weighted by Gasteiger charge is 2.39. The Balaban J connectivity index is 1.49. The van der Waals surface area contributed by atoms with Crippen molar-refractivity contribution in [3.8, 4) is 5.75 Å². The molecular formula is C17H23FN4O4S. The minimum atomic E-state index is -4.19. The van der Waals surface area contributed by atoms with Gasteiger partial charge < -0.3 is 15.7 Å². The molecule has 2 fully saturated rings. The standard InChI is InChI=1S/C17H23FN4O4S/c18-16-12-5-11(8-19-7-10-3-1-2-4-10)20-13(12)6-14(23)17(16)22-9-15(24)21-27(22,25)26/h6,10-11,19-20,23H,1-5,7-9H2,(H,21,24)/t11-/m1/s1. The Morgan fingerprint density at radius 2 is 2.04 bits per heavy atom. The Morgan fingerprint density at radius 3 is 2.70 bits per heavy atom. The number of carbonyl (C=O) groups excluding carboxylic acids is 1. The quantitative estimate of drug-likeness (QED) is 0.585. The lowest BCUT2D eigenvalue weighted by Gasteiger charge is -2.18. The maximum atomic E-state index is 15.0. The van der Waals surface area contributed by atoms with E-state index in [0.29, 0.717) is 34.4 Å². The van der Waals surface area contributed by atoms with E-state index >= 15 is 4.39 Å². The van der Waals surface area contributed by atoms with Gasteiger partial charge in [0.2, 0.25) is 0 Å². The van der Waals surface area contributed by atoms with E-state index in [4.69, 9.17) is 0 Å². The summed E-state index contributed by atoms with van der Waals surface area (Å²) >= 11 is 0. The first-order chi connectivity index (χ1) is 12.8. The van der Waals surface area contributed by atoms with Crippen molar-refractivity contribution in [2.75, 3.05) is 29.3 Å². The molecule has 148 valence electrons. The van der Waals surface area contributed by atoms with Gasteiger partial charge in [0.15, 0.2) is 5.82 Å². The normalized spacial score (nSPS) is 24.1. The Bertz CT molecular complexity index is 870. The minimum Gasteiger partial charge on any atom is -0.506 e. The van der Waals surface area contributed by atoms with E-state index in [1.807, 2.05) is 0 Å². The van der Waals surface area contributed by atoms with E-state index in [1.54, 1.807) is 4.72 Å². The molecule has 8 nitrogen and oxygen atoms in total. The molecule has 1 atom stereocenters. The van der Waals surface area contributed by atoms with Crippen LogP contribution in [0.15, 0.2) is 6.07 Å². The van der Waals surface area contributed by atoms with Gasteiger partial charge in [0.1, 0.15) is 18.0 Å². The number of nitrogens with one attached hydrogen (secondary N) is 3. The van der Waals surface area contributed by atoms with Crippen LogP contribution in [-0.4, -0.2) is 45.1 Å². The SMILES string of the molecule is O=C1CN(c2c(O)cc3c(c2F)C[C@H](CNCC2CCCC2)N3)S(=O)(=O)N1. The van der Waals surface area contributed by atoms with Crippen LogP contribution in [0, 0.1) is 11.7 Å². The fraction of sp³-hybridized carbons (Fsp3) is 0.588. The number of amides is 1. The van der Waals surface area contributed by atoms with Crippen molar-refractivity contribution in [1.82, 2.24) is 10.0 Å². The molecule has 0 radical (unpaired) electrons. The van der Waals surface area contributed by atoms with Gasteiger partial charge in [-0.15, -0.1) is 0 Å². The number of hydrogen-bond acceptors (Lipinski definition) is 6. The second kappa shape index (κ2) is 6.83.